The summed E-state index contributed by atoms with van der Waals surface area (Å²) in [5, 5.41) is 10.4. The molecule has 0 heterocycles. The molecule has 1 amide bonds. The molecule has 1 rings (SSSR count). The van der Waals surface area contributed by atoms with Gasteiger partial charge in [0.25, 0.3) is 0 Å². The molecule has 0 bridgehead atoms. The molecule has 13 heavy (non-hydrogen) atoms. The first-order chi connectivity index (χ1) is 5.98. The zero-order valence-corrected chi connectivity index (χ0v) is 8.54. The van der Waals surface area contributed by atoms with Gasteiger partial charge in [-0.3, -0.25) is 0 Å². The van der Waals surface area contributed by atoms with Crippen LogP contribution in [0.1, 0.15) is 19.3 Å². The van der Waals surface area contributed by atoms with Crippen molar-refractivity contribution in [2.75, 3.05) is 27.7 Å². The number of carbonyl (C=O) groups is 1. The number of nitrogens with zero attached hydrogens (tertiary/aromatic N) is 2. The Bertz CT molecular complexity index is 200. The Morgan fingerprint density at radius 1 is 1.38 bits per heavy atom. The first-order valence-corrected chi connectivity index (χ1v) is 4.57. The molecule has 1 fully saturated rings. The van der Waals surface area contributed by atoms with E-state index < -0.39 is 6.09 Å². The Morgan fingerprint density at radius 2 is 1.92 bits per heavy atom. The summed E-state index contributed by atoms with van der Waals surface area (Å²) < 4.78 is 0. The molecule has 0 radical (unpaired) electrons. The predicted molar refractivity (Wildman–Crippen MR) is 48.3 cm³/mol. The quantitative estimate of drug-likeness (QED) is 0.606. The van der Waals surface area contributed by atoms with E-state index in [-0.39, 0.29) is 5.54 Å². The summed E-state index contributed by atoms with van der Waals surface area (Å²) in [5.74, 6) is 0. The Balaban J connectivity index is 2.30. The zero-order chi connectivity index (χ0) is 10.1. The molecule has 1 saturated carbocycles. The summed E-state index contributed by atoms with van der Waals surface area (Å²) in [6, 6.07) is 0. The second-order valence-corrected chi connectivity index (χ2v) is 4.06. The lowest BCUT2D eigenvalue weighted by molar-refractivity contribution is -0.264. The third-order valence-electron chi connectivity index (χ3n) is 3.00. The number of rotatable bonds is 4. The number of hydrogen-bond acceptors (Lipinski definition) is 3. The summed E-state index contributed by atoms with van der Waals surface area (Å²) in [4.78, 5) is 13.8. The van der Waals surface area contributed by atoms with Gasteiger partial charge < -0.3 is 19.7 Å². The summed E-state index contributed by atoms with van der Waals surface area (Å²) >= 11 is 0. The van der Waals surface area contributed by atoms with Crippen LogP contribution in [0.4, 0.5) is 4.79 Å². The van der Waals surface area contributed by atoms with Crippen molar-refractivity contribution in [3.63, 3.8) is 0 Å². The minimum absolute atomic E-state index is 0.268. The summed E-state index contributed by atoms with van der Waals surface area (Å²) in [5.41, 5.74) is 0.268. The molecule has 0 aromatic heterocycles. The average molecular weight is 185 g/mol. The lowest BCUT2D eigenvalue weighted by Gasteiger charge is -2.27. The van der Waals surface area contributed by atoms with Crippen molar-refractivity contribution in [1.29, 1.82) is 0 Å². The van der Waals surface area contributed by atoms with Crippen LogP contribution in [0.2, 0.25) is 0 Å². The normalized spacial score (nSPS) is 18.8. The van der Waals surface area contributed by atoms with Gasteiger partial charge in [0.05, 0.1) is 0 Å². The van der Waals surface area contributed by atoms with Crippen molar-refractivity contribution in [1.82, 2.24) is 9.80 Å². The Morgan fingerprint density at radius 3 is 2.23 bits per heavy atom. The van der Waals surface area contributed by atoms with Crippen molar-refractivity contribution < 1.29 is 9.90 Å². The van der Waals surface area contributed by atoms with Crippen molar-refractivity contribution in [3.8, 4) is 0 Å². The van der Waals surface area contributed by atoms with Crippen LogP contribution in [-0.2, 0) is 0 Å². The highest BCUT2D eigenvalue weighted by molar-refractivity contribution is 5.61. The molecule has 0 unspecified atom stereocenters. The molecule has 4 heteroatoms. The van der Waals surface area contributed by atoms with Gasteiger partial charge in [-0.1, -0.05) is 0 Å². The maximum Gasteiger partial charge on any atom is 0.136 e. The lowest BCUT2D eigenvalue weighted by Crippen LogP contribution is -2.41. The largest absolute Gasteiger partial charge is 0.530 e. The molecule has 0 spiro atoms. The first-order valence-electron chi connectivity index (χ1n) is 4.57. The average Bonchev–Trinajstić information content (AvgIpc) is 2.80. The van der Waals surface area contributed by atoms with Gasteiger partial charge in [-0.05, 0) is 33.4 Å². The number of hydrogen-bond donors (Lipinski definition) is 0. The van der Waals surface area contributed by atoms with Gasteiger partial charge in [-0.25, -0.2) is 0 Å². The molecular weight excluding hydrogens is 168 g/mol. The molecule has 0 saturated heterocycles. The van der Waals surface area contributed by atoms with Gasteiger partial charge in [0, 0.05) is 19.1 Å². The van der Waals surface area contributed by atoms with Gasteiger partial charge >= 0.3 is 0 Å². The molecule has 0 aliphatic heterocycles. The minimum atomic E-state index is -1.09. The highest BCUT2D eigenvalue weighted by Gasteiger charge is 2.44. The smallest absolute Gasteiger partial charge is 0.136 e. The Labute approximate surface area is 79.1 Å². The van der Waals surface area contributed by atoms with Crippen molar-refractivity contribution in [3.05, 3.63) is 0 Å². The van der Waals surface area contributed by atoms with Crippen molar-refractivity contribution >= 4 is 6.09 Å². The summed E-state index contributed by atoms with van der Waals surface area (Å²) in [6.45, 7) is 0.570. The third-order valence-corrected chi connectivity index (χ3v) is 3.00. The van der Waals surface area contributed by atoms with E-state index in [4.69, 9.17) is 0 Å². The van der Waals surface area contributed by atoms with Crippen LogP contribution in [0.5, 0.6) is 0 Å². The molecule has 4 nitrogen and oxygen atoms in total. The molecule has 1 aliphatic carbocycles. The first kappa shape index (κ1) is 10.3. The van der Waals surface area contributed by atoms with Gasteiger partial charge in [0.1, 0.15) is 6.09 Å². The molecule has 0 aromatic carbocycles. The van der Waals surface area contributed by atoms with E-state index in [1.807, 2.05) is 14.1 Å². The van der Waals surface area contributed by atoms with Crippen molar-refractivity contribution in [2.45, 2.75) is 24.8 Å². The highest BCUT2D eigenvalue weighted by atomic mass is 16.4. The fourth-order valence-corrected chi connectivity index (χ4v) is 1.53. The topological polar surface area (TPSA) is 46.6 Å². The standard InChI is InChI=1S/C9H18N2O2/c1-10(2)9(4-5-9)6-7-11(3)8(12)13/h4-7H2,1-3H3,(H,12,13)/p-1. The van der Waals surface area contributed by atoms with Gasteiger partial charge in [-0.15, -0.1) is 0 Å². The van der Waals surface area contributed by atoms with Gasteiger partial charge in [-0.2, -0.15) is 0 Å². The van der Waals surface area contributed by atoms with E-state index in [0.717, 1.165) is 6.42 Å². The zero-order valence-electron chi connectivity index (χ0n) is 8.54. The fraction of sp³-hybridized carbons (Fsp3) is 0.889. The van der Waals surface area contributed by atoms with Gasteiger partial charge in [0.2, 0.25) is 0 Å². The highest BCUT2D eigenvalue weighted by Crippen LogP contribution is 2.43. The fourth-order valence-electron chi connectivity index (χ4n) is 1.53. The van der Waals surface area contributed by atoms with E-state index in [1.165, 1.54) is 17.7 Å². The van der Waals surface area contributed by atoms with Crippen LogP contribution in [-0.4, -0.2) is 49.1 Å². The number of carbonyl (C=O) groups excluding carboxylic acids is 1. The van der Waals surface area contributed by atoms with Crippen LogP contribution in [0.3, 0.4) is 0 Å². The second-order valence-electron chi connectivity index (χ2n) is 4.06. The SMILES string of the molecule is CN(CCC1(N(C)C)CC1)C(=O)[O-]. The van der Waals surface area contributed by atoms with Crippen LogP contribution < -0.4 is 5.11 Å². The van der Waals surface area contributed by atoms with E-state index >= 15 is 0 Å². The van der Waals surface area contributed by atoms with E-state index in [1.54, 1.807) is 7.05 Å². The lowest BCUT2D eigenvalue weighted by atomic mass is 10.1. The predicted octanol–water partition coefficient (Wildman–Crippen LogP) is -0.254. The molecule has 0 aromatic rings. The molecule has 76 valence electrons. The molecule has 0 N–H and O–H groups in total. The second kappa shape index (κ2) is 3.54. The molecular formula is C9H17N2O2-. The molecule has 1 aliphatic rings. The third kappa shape index (κ3) is 2.34. The van der Waals surface area contributed by atoms with E-state index in [2.05, 4.69) is 4.90 Å². The van der Waals surface area contributed by atoms with Crippen LogP contribution in [0.15, 0.2) is 0 Å². The Hall–Kier alpha value is -0.770. The maximum absolute atomic E-state index is 10.4. The van der Waals surface area contributed by atoms with Crippen molar-refractivity contribution in [2.24, 2.45) is 0 Å². The van der Waals surface area contributed by atoms with Crippen LogP contribution >= 0.6 is 0 Å². The Kier molecular flexibility index (Phi) is 2.81. The van der Waals surface area contributed by atoms with E-state index in [9.17, 15) is 9.90 Å². The van der Waals surface area contributed by atoms with E-state index in [0.29, 0.717) is 6.54 Å². The minimum Gasteiger partial charge on any atom is -0.530 e. The number of amides is 1. The van der Waals surface area contributed by atoms with Crippen LogP contribution in [0, 0.1) is 0 Å². The maximum atomic E-state index is 10.4. The molecule has 0 atom stereocenters. The van der Waals surface area contributed by atoms with Crippen LogP contribution in [0.25, 0.3) is 0 Å². The number of carboxylic acid groups (broad SMARTS) is 1. The van der Waals surface area contributed by atoms with Gasteiger partial charge in [0.15, 0.2) is 0 Å². The monoisotopic (exact) mass is 185 g/mol. The summed E-state index contributed by atoms with van der Waals surface area (Å²) in [7, 11) is 5.65. The summed E-state index contributed by atoms with van der Waals surface area (Å²) in [6.07, 6.45) is 2.18.